The van der Waals surface area contributed by atoms with Gasteiger partial charge in [-0.15, -0.1) is 0 Å². The van der Waals surface area contributed by atoms with Crippen molar-refractivity contribution in [2.75, 3.05) is 0 Å². The zero-order valence-electron chi connectivity index (χ0n) is 10.3. The van der Waals surface area contributed by atoms with Crippen molar-refractivity contribution in [3.8, 4) is 0 Å². The first-order valence-electron chi connectivity index (χ1n) is 6.36. The van der Waals surface area contributed by atoms with Gasteiger partial charge in [-0.2, -0.15) is 0 Å². The van der Waals surface area contributed by atoms with Gasteiger partial charge in [0.15, 0.2) is 0 Å². The minimum atomic E-state index is -0.179. The quantitative estimate of drug-likeness (QED) is 0.441. The summed E-state index contributed by atoms with van der Waals surface area (Å²) in [5.41, 5.74) is 5.33. The number of aryl methyl sites for hydroxylation is 2. The Hall–Kier alpha value is -0.420. The SMILES string of the molecule is Fc1ccc(C(Br)c2ccc3c(c2)CCC3)c(I)c1. The maximum Gasteiger partial charge on any atom is 0.124 e. The zero-order valence-corrected chi connectivity index (χ0v) is 14.0. The average molecular weight is 431 g/mol. The van der Waals surface area contributed by atoms with E-state index in [1.54, 1.807) is 6.07 Å². The van der Waals surface area contributed by atoms with Crippen LogP contribution < -0.4 is 0 Å². The van der Waals surface area contributed by atoms with Crippen LogP contribution in [0.2, 0.25) is 0 Å². The van der Waals surface area contributed by atoms with E-state index < -0.39 is 0 Å². The van der Waals surface area contributed by atoms with E-state index in [4.69, 9.17) is 0 Å². The van der Waals surface area contributed by atoms with Gasteiger partial charge in [-0.1, -0.05) is 40.2 Å². The van der Waals surface area contributed by atoms with Crippen LogP contribution in [0.1, 0.15) is 33.5 Å². The summed E-state index contributed by atoms with van der Waals surface area (Å²) >= 11 is 5.95. The first kappa shape index (κ1) is 13.6. The van der Waals surface area contributed by atoms with E-state index in [-0.39, 0.29) is 10.6 Å². The third-order valence-electron chi connectivity index (χ3n) is 3.65. The minimum Gasteiger partial charge on any atom is -0.207 e. The lowest BCUT2D eigenvalue weighted by Crippen LogP contribution is -1.98. The molecule has 0 aromatic heterocycles. The molecular formula is C16H13BrFI. The molecule has 0 nitrogen and oxygen atoms in total. The summed E-state index contributed by atoms with van der Waals surface area (Å²) in [7, 11) is 0. The molecular weight excluding hydrogens is 418 g/mol. The fraction of sp³-hybridized carbons (Fsp3) is 0.250. The molecule has 1 aliphatic rings. The van der Waals surface area contributed by atoms with Crippen LogP contribution in [0.25, 0.3) is 0 Å². The van der Waals surface area contributed by atoms with Crippen LogP contribution in [0.3, 0.4) is 0 Å². The second kappa shape index (κ2) is 5.52. The van der Waals surface area contributed by atoms with Crippen LogP contribution in [0, 0.1) is 9.39 Å². The predicted octanol–water partition coefficient (Wildman–Crippen LogP) is 5.40. The van der Waals surface area contributed by atoms with Gasteiger partial charge >= 0.3 is 0 Å². The van der Waals surface area contributed by atoms with Gasteiger partial charge in [0.05, 0.1) is 4.83 Å². The van der Waals surface area contributed by atoms with Gasteiger partial charge in [-0.25, -0.2) is 4.39 Å². The first-order valence-corrected chi connectivity index (χ1v) is 8.35. The lowest BCUT2D eigenvalue weighted by molar-refractivity contribution is 0.626. The Labute approximate surface area is 134 Å². The summed E-state index contributed by atoms with van der Waals surface area (Å²) in [5.74, 6) is -0.179. The average Bonchev–Trinajstić information content (AvgIpc) is 2.85. The lowest BCUT2D eigenvalue weighted by atomic mass is 10.0. The van der Waals surface area contributed by atoms with Crippen LogP contribution in [-0.4, -0.2) is 0 Å². The molecule has 98 valence electrons. The molecule has 1 unspecified atom stereocenters. The third kappa shape index (κ3) is 2.72. The molecule has 1 aliphatic carbocycles. The molecule has 0 saturated heterocycles. The molecule has 19 heavy (non-hydrogen) atoms. The molecule has 3 rings (SSSR count). The number of halogens is 3. The Morgan fingerprint density at radius 2 is 1.84 bits per heavy atom. The van der Waals surface area contributed by atoms with Gasteiger partial charge in [-0.3, -0.25) is 0 Å². The van der Waals surface area contributed by atoms with Crippen molar-refractivity contribution in [1.29, 1.82) is 0 Å². The molecule has 0 bridgehead atoms. The van der Waals surface area contributed by atoms with Gasteiger partial charge in [0.25, 0.3) is 0 Å². The molecule has 0 radical (unpaired) electrons. The maximum absolute atomic E-state index is 13.2. The van der Waals surface area contributed by atoms with Gasteiger partial charge in [-0.05, 0) is 76.2 Å². The van der Waals surface area contributed by atoms with E-state index >= 15 is 0 Å². The number of hydrogen-bond donors (Lipinski definition) is 0. The van der Waals surface area contributed by atoms with Crippen LogP contribution in [0.4, 0.5) is 4.39 Å². The van der Waals surface area contributed by atoms with Crippen LogP contribution in [0.15, 0.2) is 36.4 Å². The van der Waals surface area contributed by atoms with E-state index in [9.17, 15) is 4.39 Å². The van der Waals surface area contributed by atoms with Crippen molar-refractivity contribution in [2.24, 2.45) is 0 Å². The van der Waals surface area contributed by atoms with Crippen molar-refractivity contribution in [3.05, 3.63) is 68.0 Å². The van der Waals surface area contributed by atoms with E-state index in [0.29, 0.717) is 0 Å². The van der Waals surface area contributed by atoms with Crippen molar-refractivity contribution >= 4 is 38.5 Å². The molecule has 3 heteroatoms. The van der Waals surface area contributed by atoms with Crippen molar-refractivity contribution < 1.29 is 4.39 Å². The Morgan fingerprint density at radius 1 is 1.05 bits per heavy atom. The molecule has 0 heterocycles. The summed E-state index contributed by atoms with van der Waals surface area (Å²) in [4.78, 5) is 0.130. The number of hydrogen-bond acceptors (Lipinski definition) is 0. The van der Waals surface area contributed by atoms with E-state index in [1.165, 1.54) is 42.0 Å². The second-order valence-electron chi connectivity index (χ2n) is 4.91. The highest BCUT2D eigenvalue weighted by Crippen LogP contribution is 2.36. The van der Waals surface area contributed by atoms with E-state index in [0.717, 1.165) is 9.13 Å². The molecule has 0 fully saturated rings. The summed E-state index contributed by atoms with van der Waals surface area (Å²) in [6.45, 7) is 0. The van der Waals surface area contributed by atoms with E-state index in [1.807, 2.05) is 6.07 Å². The monoisotopic (exact) mass is 430 g/mol. The summed E-state index contributed by atoms with van der Waals surface area (Å²) < 4.78 is 14.1. The standard InChI is InChI=1S/C16H13BrFI/c17-16(14-7-6-13(18)9-15(14)19)12-5-4-10-2-1-3-11(10)8-12/h4-9,16H,1-3H2. The number of alkyl halides is 1. The Balaban J connectivity index is 1.97. The molecule has 2 aromatic rings. The van der Waals surface area contributed by atoms with Crippen molar-refractivity contribution in [2.45, 2.75) is 24.1 Å². The summed E-state index contributed by atoms with van der Waals surface area (Å²) in [6.07, 6.45) is 3.65. The minimum absolute atomic E-state index is 0.130. The smallest absolute Gasteiger partial charge is 0.124 e. The molecule has 2 aromatic carbocycles. The molecule has 0 amide bonds. The van der Waals surface area contributed by atoms with Gasteiger partial charge in [0.2, 0.25) is 0 Å². The highest BCUT2D eigenvalue weighted by molar-refractivity contribution is 14.1. The zero-order chi connectivity index (χ0) is 13.4. The molecule has 0 N–H and O–H groups in total. The maximum atomic E-state index is 13.2. The summed E-state index contributed by atoms with van der Waals surface area (Å²) in [6, 6.07) is 11.7. The summed E-state index contributed by atoms with van der Waals surface area (Å²) in [5, 5.41) is 0. The van der Waals surface area contributed by atoms with Crippen LogP contribution in [0.5, 0.6) is 0 Å². The third-order valence-corrected chi connectivity index (χ3v) is 5.61. The number of benzene rings is 2. The predicted molar refractivity (Wildman–Crippen MR) is 88.4 cm³/mol. The highest BCUT2D eigenvalue weighted by atomic mass is 127. The van der Waals surface area contributed by atoms with E-state index in [2.05, 4.69) is 56.7 Å². The van der Waals surface area contributed by atoms with Gasteiger partial charge < -0.3 is 0 Å². The Morgan fingerprint density at radius 3 is 2.63 bits per heavy atom. The van der Waals surface area contributed by atoms with Crippen molar-refractivity contribution in [3.63, 3.8) is 0 Å². The number of fused-ring (bicyclic) bond motifs is 1. The highest BCUT2D eigenvalue weighted by Gasteiger charge is 2.17. The fourth-order valence-corrected chi connectivity index (χ4v) is 4.54. The van der Waals surface area contributed by atoms with Crippen molar-refractivity contribution in [1.82, 2.24) is 0 Å². The Bertz CT molecular complexity index is 624. The largest absolute Gasteiger partial charge is 0.207 e. The Kier molecular flexibility index (Phi) is 3.94. The first-order chi connectivity index (χ1) is 9.15. The van der Waals surface area contributed by atoms with Gasteiger partial charge in [0, 0.05) is 3.57 Å². The second-order valence-corrected chi connectivity index (χ2v) is 6.99. The molecule has 0 aliphatic heterocycles. The van der Waals surface area contributed by atoms with Crippen LogP contribution >= 0.6 is 38.5 Å². The van der Waals surface area contributed by atoms with Crippen LogP contribution in [-0.2, 0) is 12.8 Å². The topological polar surface area (TPSA) is 0 Å². The lowest BCUT2D eigenvalue weighted by Gasteiger charge is -2.14. The molecule has 0 saturated carbocycles. The molecule has 1 atom stereocenters. The molecule has 0 spiro atoms. The fourth-order valence-electron chi connectivity index (χ4n) is 2.64. The van der Waals surface area contributed by atoms with Gasteiger partial charge in [0.1, 0.15) is 5.82 Å². The normalized spacial score (nSPS) is 15.3. The number of rotatable bonds is 2.